The summed E-state index contributed by atoms with van der Waals surface area (Å²) in [5.41, 5.74) is 5.52. The third-order valence-corrected chi connectivity index (χ3v) is 5.48. The van der Waals surface area contributed by atoms with Crippen LogP contribution in [0, 0.1) is 11.7 Å². The molecule has 3 aromatic carbocycles. The average Bonchev–Trinajstić information content (AvgIpc) is 3.04. The van der Waals surface area contributed by atoms with Crippen LogP contribution in [-0.2, 0) is 0 Å². The Morgan fingerprint density at radius 2 is 1.71 bits per heavy atom. The average molecular weight is 368 g/mol. The van der Waals surface area contributed by atoms with Gasteiger partial charge in [-0.25, -0.2) is 4.39 Å². The summed E-state index contributed by atoms with van der Waals surface area (Å²) in [6, 6.07) is 21.5. The first-order valence-electron chi connectivity index (χ1n) is 9.63. The third kappa shape index (κ3) is 2.80. The minimum absolute atomic E-state index is 0.222. The van der Waals surface area contributed by atoms with Gasteiger partial charge in [0.25, 0.3) is 0 Å². The molecule has 1 N–H and O–H groups in total. The van der Waals surface area contributed by atoms with Crippen molar-refractivity contribution in [3.8, 4) is 5.69 Å². The molecule has 0 amide bonds. The summed E-state index contributed by atoms with van der Waals surface area (Å²) in [4.78, 5) is 0. The predicted molar refractivity (Wildman–Crippen MR) is 115 cm³/mol. The molecule has 0 saturated heterocycles. The van der Waals surface area contributed by atoms with E-state index in [4.69, 9.17) is 0 Å². The zero-order valence-electron chi connectivity index (χ0n) is 15.7. The molecule has 0 saturated carbocycles. The number of aromatic nitrogens is 1. The number of allylic oxidation sites excluding steroid dienone is 4. The van der Waals surface area contributed by atoms with Crippen molar-refractivity contribution in [2.24, 2.45) is 5.92 Å². The van der Waals surface area contributed by atoms with E-state index >= 15 is 0 Å². The van der Waals surface area contributed by atoms with Crippen LogP contribution in [-0.4, -0.2) is 4.57 Å². The maximum Gasteiger partial charge on any atom is 0.123 e. The van der Waals surface area contributed by atoms with Crippen LogP contribution < -0.4 is 5.32 Å². The molecule has 3 heteroatoms. The summed E-state index contributed by atoms with van der Waals surface area (Å²) >= 11 is 0. The fourth-order valence-corrected chi connectivity index (χ4v) is 4.00. The number of para-hydroxylation sites is 1. The van der Waals surface area contributed by atoms with Crippen LogP contribution in [0.1, 0.15) is 13.3 Å². The van der Waals surface area contributed by atoms with E-state index in [1.807, 2.05) is 18.2 Å². The van der Waals surface area contributed by atoms with Crippen molar-refractivity contribution >= 4 is 27.5 Å². The highest BCUT2D eigenvalue weighted by molar-refractivity contribution is 6.10. The van der Waals surface area contributed by atoms with Crippen molar-refractivity contribution < 1.29 is 4.39 Å². The number of anilines is 1. The van der Waals surface area contributed by atoms with Gasteiger partial charge in [0.05, 0.1) is 11.0 Å². The normalized spacial score (nSPS) is 16.5. The van der Waals surface area contributed by atoms with E-state index in [0.29, 0.717) is 5.92 Å². The van der Waals surface area contributed by atoms with Gasteiger partial charge in [-0.05, 0) is 66.9 Å². The minimum atomic E-state index is -0.222. The highest BCUT2D eigenvalue weighted by Crippen LogP contribution is 2.34. The number of hydrogen-bond donors (Lipinski definition) is 1. The molecule has 1 unspecified atom stereocenters. The maximum atomic E-state index is 13.4. The van der Waals surface area contributed by atoms with E-state index in [1.54, 1.807) is 0 Å². The summed E-state index contributed by atoms with van der Waals surface area (Å²) in [6.07, 6.45) is 7.53. The number of hydrogen-bond acceptors (Lipinski definition) is 1. The Balaban J connectivity index is 1.68. The molecule has 4 aromatic rings. The smallest absolute Gasteiger partial charge is 0.123 e. The van der Waals surface area contributed by atoms with Crippen LogP contribution >= 0.6 is 0 Å². The number of benzene rings is 3. The molecule has 1 aromatic heterocycles. The highest BCUT2D eigenvalue weighted by atomic mass is 19.1. The number of halogens is 1. The molecule has 0 fully saturated rings. The Kier molecular flexibility index (Phi) is 4.01. The molecule has 5 rings (SSSR count). The van der Waals surface area contributed by atoms with Crippen LogP contribution in [0.25, 0.3) is 27.5 Å². The summed E-state index contributed by atoms with van der Waals surface area (Å²) in [5, 5.41) is 5.97. The minimum Gasteiger partial charge on any atom is -0.359 e. The highest BCUT2D eigenvalue weighted by Gasteiger charge is 2.14. The van der Waals surface area contributed by atoms with E-state index in [-0.39, 0.29) is 5.82 Å². The van der Waals surface area contributed by atoms with Crippen molar-refractivity contribution in [2.45, 2.75) is 13.3 Å². The van der Waals surface area contributed by atoms with Gasteiger partial charge in [0.15, 0.2) is 0 Å². The molecule has 0 bridgehead atoms. The standard InChI is InChI=1S/C25H21FN2/c1-17-6-2-4-8-23(17)27-19-12-15-25-22(16-19)21-7-3-5-9-24(21)28(25)20-13-10-18(26)11-14-20/h2-5,7-17,27H,6H2,1H3. The maximum absolute atomic E-state index is 13.4. The van der Waals surface area contributed by atoms with Gasteiger partial charge < -0.3 is 9.88 Å². The van der Waals surface area contributed by atoms with Gasteiger partial charge in [-0.15, -0.1) is 0 Å². The zero-order chi connectivity index (χ0) is 19.1. The summed E-state index contributed by atoms with van der Waals surface area (Å²) in [7, 11) is 0. The van der Waals surface area contributed by atoms with Crippen molar-refractivity contribution in [3.05, 3.63) is 96.5 Å². The van der Waals surface area contributed by atoms with Crippen LogP contribution in [0.3, 0.4) is 0 Å². The molecule has 2 nitrogen and oxygen atoms in total. The van der Waals surface area contributed by atoms with Gasteiger partial charge in [-0.2, -0.15) is 0 Å². The Morgan fingerprint density at radius 3 is 2.54 bits per heavy atom. The zero-order valence-corrected chi connectivity index (χ0v) is 15.7. The van der Waals surface area contributed by atoms with Crippen LogP contribution in [0.4, 0.5) is 10.1 Å². The lowest BCUT2D eigenvalue weighted by atomic mass is 9.99. The first-order valence-corrected chi connectivity index (χ1v) is 9.63. The van der Waals surface area contributed by atoms with Gasteiger partial charge >= 0.3 is 0 Å². The van der Waals surface area contributed by atoms with Gasteiger partial charge in [-0.1, -0.05) is 37.3 Å². The van der Waals surface area contributed by atoms with E-state index in [1.165, 1.54) is 28.6 Å². The Bertz CT molecular complexity index is 1230. The van der Waals surface area contributed by atoms with E-state index in [2.05, 4.69) is 71.4 Å². The second-order valence-corrected chi connectivity index (χ2v) is 7.37. The lowest BCUT2D eigenvalue weighted by Crippen LogP contribution is -2.10. The fraction of sp³-hybridized carbons (Fsp3) is 0.120. The van der Waals surface area contributed by atoms with Gasteiger partial charge in [0.1, 0.15) is 5.82 Å². The lowest BCUT2D eigenvalue weighted by molar-refractivity contribution is 0.627. The first-order chi connectivity index (χ1) is 13.7. The van der Waals surface area contributed by atoms with Crippen LogP contribution in [0.2, 0.25) is 0 Å². The number of fused-ring (bicyclic) bond motifs is 3. The number of nitrogens with zero attached hydrogens (tertiary/aromatic N) is 1. The molecule has 1 heterocycles. The largest absolute Gasteiger partial charge is 0.359 e. The van der Waals surface area contributed by atoms with Crippen molar-refractivity contribution in [2.75, 3.05) is 5.32 Å². The summed E-state index contributed by atoms with van der Waals surface area (Å²) in [6.45, 7) is 2.24. The van der Waals surface area contributed by atoms with Gasteiger partial charge in [-0.3, -0.25) is 0 Å². The SMILES string of the molecule is CC1CC=CC=C1Nc1ccc2c(c1)c1ccccc1n2-c1ccc(F)cc1. The number of rotatable bonds is 3. The number of nitrogens with one attached hydrogen (secondary N) is 1. The molecule has 138 valence electrons. The molecule has 1 aliphatic rings. The molecule has 0 spiro atoms. The monoisotopic (exact) mass is 368 g/mol. The fourth-order valence-electron chi connectivity index (χ4n) is 4.00. The quantitative estimate of drug-likeness (QED) is 0.420. The van der Waals surface area contributed by atoms with Gasteiger partial charge in [0, 0.05) is 27.8 Å². The summed E-state index contributed by atoms with van der Waals surface area (Å²) in [5.74, 6) is 0.265. The second kappa shape index (κ2) is 6.68. The molecule has 0 radical (unpaired) electrons. The first kappa shape index (κ1) is 16.8. The van der Waals surface area contributed by atoms with Gasteiger partial charge in [0.2, 0.25) is 0 Å². The molecule has 1 atom stereocenters. The molecular formula is C25H21FN2. The summed E-state index contributed by atoms with van der Waals surface area (Å²) < 4.78 is 15.6. The molecule has 28 heavy (non-hydrogen) atoms. The van der Waals surface area contributed by atoms with Crippen LogP contribution in [0.5, 0.6) is 0 Å². The van der Waals surface area contributed by atoms with Crippen molar-refractivity contribution in [3.63, 3.8) is 0 Å². The third-order valence-electron chi connectivity index (χ3n) is 5.48. The van der Waals surface area contributed by atoms with Crippen molar-refractivity contribution in [1.82, 2.24) is 4.57 Å². The topological polar surface area (TPSA) is 17.0 Å². The Hall–Kier alpha value is -3.33. The molecular weight excluding hydrogens is 347 g/mol. The molecule has 1 aliphatic carbocycles. The van der Waals surface area contributed by atoms with Crippen LogP contribution in [0.15, 0.2) is 90.7 Å². The second-order valence-electron chi connectivity index (χ2n) is 7.37. The Morgan fingerprint density at radius 1 is 0.929 bits per heavy atom. The predicted octanol–water partition coefficient (Wildman–Crippen LogP) is 6.81. The van der Waals surface area contributed by atoms with E-state index < -0.39 is 0 Å². The van der Waals surface area contributed by atoms with E-state index in [0.717, 1.165) is 28.8 Å². The Labute approximate surface area is 163 Å². The van der Waals surface area contributed by atoms with Crippen molar-refractivity contribution in [1.29, 1.82) is 0 Å². The lowest BCUT2D eigenvalue weighted by Gasteiger charge is -2.19. The molecule has 0 aliphatic heterocycles. The van der Waals surface area contributed by atoms with E-state index in [9.17, 15) is 4.39 Å².